The smallest absolute Gasteiger partial charge is 0.422 e. The molecule has 2 aliphatic rings. The van der Waals surface area contributed by atoms with Crippen LogP contribution in [0.3, 0.4) is 0 Å². The summed E-state index contributed by atoms with van der Waals surface area (Å²) in [7, 11) is 0. The van der Waals surface area contributed by atoms with Gasteiger partial charge < -0.3 is 14.4 Å². The Morgan fingerprint density at radius 2 is 1.89 bits per heavy atom. The first-order valence-corrected chi connectivity index (χ1v) is 9.22. The lowest BCUT2D eigenvalue weighted by molar-refractivity contribution is -0.153. The fourth-order valence-corrected chi connectivity index (χ4v) is 3.42. The van der Waals surface area contributed by atoms with Crippen molar-refractivity contribution >= 4 is 11.7 Å². The first-order chi connectivity index (χ1) is 12.7. The summed E-state index contributed by atoms with van der Waals surface area (Å²) >= 11 is 0. The van der Waals surface area contributed by atoms with Crippen LogP contribution in [0.5, 0.6) is 5.75 Å². The minimum atomic E-state index is -4.37. The van der Waals surface area contributed by atoms with Gasteiger partial charge in [0.2, 0.25) is 0 Å². The monoisotopic (exact) mass is 386 g/mol. The summed E-state index contributed by atoms with van der Waals surface area (Å²) in [6.07, 6.45) is -2.47. The molecule has 1 aromatic rings. The zero-order chi connectivity index (χ0) is 19.6. The first kappa shape index (κ1) is 19.8. The average Bonchev–Trinajstić information content (AvgIpc) is 3.12. The molecule has 2 aliphatic heterocycles. The predicted octanol–water partition coefficient (Wildman–Crippen LogP) is 4.07. The van der Waals surface area contributed by atoms with Crippen LogP contribution in [0.15, 0.2) is 24.3 Å². The number of urea groups is 1. The van der Waals surface area contributed by atoms with Crippen molar-refractivity contribution in [1.29, 1.82) is 0 Å². The first-order valence-electron chi connectivity index (χ1n) is 9.22. The van der Waals surface area contributed by atoms with Crippen molar-refractivity contribution in [3.8, 4) is 5.75 Å². The topological polar surface area (TPSA) is 42.0 Å². The van der Waals surface area contributed by atoms with Crippen molar-refractivity contribution in [3.63, 3.8) is 0 Å². The van der Waals surface area contributed by atoms with Crippen LogP contribution in [0.25, 0.3) is 0 Å². The quantitative estimate of drug-likeness (QED) is 0.709. The number of rotatable bonds is 7. The van der Waals surface area contributed by atoms with Crippen LogP contribution in [0, 0.1) is 5.92 Å². The molecule has 0 radical (unpaired) electrons. The maximum absolute atomic E-state index is 12.7. The molecule has 2 heterocycles. The summed E-state index contributed by atoms with van der Waals surface area (Å²) in [6.45, 7) is 4.83. The van der Waals surface area contributed by atoms with E-state index < -0.39 is 12.8 Å². The molecule has 0 aromatic heterocycles. The van der Waals surface area contributed by atoms with Gasteiger partial charge in [-0.25, -0.2) is 4.79 Å². The average molecular weight is 386 g/mol. The van der Waals surface area contributed by atoms with Crippen molar-refractivity contribution < 1.29 is 27.4 Å². The summed E-state index contributed by atoms with van der Waals surface area (Å²) < 4.78 is 47.2. The molecule has 0 spiro atoms. The molecule has 2 amide bonds. The van der Waals surface area contributed by atoms with Crippen LogP contribution in [-0.4, -0.2) is 55.6 Å². The number of carbonyl (C=O) groups excluding carboxylic acids is 1. The molecule has 0 saturated carbocycles. The highest BCUT2D eigenvalue weighted by molar-refractivity contribution is 5.95. The van der Waals surface area contributed by atoms with E-state index >= 15 is 0 Å². The number of fused-ring (bicyclic) bond motifs is 1. The molecule has 2 atom stereocenters. The van der Waals surface area contributed by atoms with Gasteiger partial charge in [0.1, 0.15) is 5.75 Å². The minimum Gasteiger partial charge on any atom is -0.484 e. The third kappa shape index (κ3) is 5.06. The standard InChI is InChI=1S/C19H25F3N2O3/c1-13(2)7-8-26-17-9-15-10-23(18(25)24(15)11-17)14-3-5-16(6-4-14)27-12-19(20,21)22/h3-6,13,15,17H,7-12H2,1-2H3/t15-,17+/m1/s1. The highest BCUT2D eigenvalue weighted by Crippen LogP contribution is 2.32. The number of amides is 2. The lowest BCUT2D eigenvalue weighted by Crippen LogP contribution is -2.34. The number of hydrogen-bond donors (Lipinski definition) is 0. The summed E-state index contributed by atoms with van der Waals surface area (Å²) in [4.78, 5) is 16.2. The van der Waals surface area contributed by atoms with Crippen molar-refractivity contribution in [2.75, 3.05) is 31.2 Å². The summed E-state index contributed by atoms with van der Waals surface area (Å²) in [5.74, 6) is 0.716. The lowest BCUT2D eigenvalue weighted by Gasteiger charge is -2.20. The van der Waals surface area contributed by atoms with E-state index in [0.717, 1.165) is 12.8 Å². The number of nitrogens with zero attached hydrogens (tertiary/aromatic N) is 2. The van der Waals surface area contributed by atoms with Gasteiger partial charge >= 0.3 is 12.2 Å². The molecule has 0 unspecified atom stereocenters. The molecule has 150 valence electrons. The maximum Gasteiger partial charge on any atom is 0.422 e. The summed E-state index contributed by atoms with van der Waals surface area (Å²) in [5.41, 5.74) is 0.658. The fraction of sp³-hybridized carbons (Fsp3) is 0.632. The highest BCUT2D eigenvalue weighted by Gasteiger charge is 2.44. The number of hydrogen-bond acceptors (Lipinski definition) is 3. The van der Waals surface area contributed by atoms with Gasteiger partial charge in [0.05, 0.1) is 12.1 Å². The van der Waals surface area contributed by atoms with Crippen LogP contribution in [0.2, 0.25) is 0 Å². The molecule has 2 fully saturated rings. The van der Waals surface area contributed by atoms with Gasteiger partial charge in [0.25, 0.3) is 0 Å². The van der Waals surface area contributed by atoms with Crippen LogP contribution in [0.4, 0.5) is 23.7 Å². The minimum absolute atomic E-state index is 0.0815. The van der Waals surface area contributed by atoms with E-state index in [2.05, 4.69) is 13.8 Å². The number of ether oxygens (including phenoxy) is 2. The fourth-order valence-electron chi connectivity index (χ4n) is 3.42. The van der Waals surface area contributed by atoms with Crippen LogP contribution < -0.4 is 9.64 Å². The molecule has 0 N–H and O–H groups in total. The molecule has 2 saturated heterocycles. The number of carbonyl (C=O) groups is 1. The van der Waals surface area contributed by atoms with Gasteiger partial charge in [0, 0.05) is 25.4 Å². The van der Waals surface area contributed by atoms with E-state index in [1.165, 1.54) is 12.1 Å². The molecular weight excluding hydrogens is 361 g/mol. The molecule has 27 heavy (non-hydrogen) atoms. The Hall–Kier alpha value is -1.96. The number of alkyl halides is 3. The van der Waals surface area contributed by atoms with Crippen LogP contribution >= 0.6 is 0 Å². The summed E-state index contributed by atoms with van der Waals surface area (Å²) in [6, 6.07) is 6.16. The Bertz CT molecular complexity index is 649. The number of benzene rings is 1. The zero-order valence-electron chi connectivity index (χ0n) is 15.5. The predicted molar refractivity (Wildman–Crippen MR) is 95.0 cm³/mol. The van der Waals surface area contributed by atoms with E-state index in [-0.39, 0.29) is 23.9 Å². The maximum atomic E-state index is 12.7. The second-order valence-corrected chi connectivity index (χ2v) is 7.51. The Kier molecular flexibility index (Phi) is 5.83. The van der Waals surface area contributed by atoms with E-state index in [0.29, 0.717) is 31.3 Å². The normalized spacial score (nSPS) is 22.7. The van der Waals surface area contributed by atoms with Gasteiger partial charge in [-0.3, -0.25) is 4.90 Å². The van der Waals surface area contributed by atoms with Gasteiger partial charge in [-0.15, -0.1) is 0 Å². The van der Waals surface area contributed by atoms with E-state index in [9.17, 15) is 18.0 Å². The summed E-state index contributed by atoms with van der Waals surface area (Å²) in [5, 5.41) is 0. The Balaban J connectivity index is 1.53. The zero-order valence-corrected chi connectivity index (χ0v) is 15.5. The molecule has 0 bridgehead atoms. The molecule has 5 nitrogen and oxygen atoms in total. The van der Waals surface area contributed by atoms with Gasteiger partial charge in [-0.2, -0.15) is 13.2 Å². The third-order valence-corrected chi connectivity index (χ3v) is 4.85. The van der Waals surface area contributed by atoms with Gasteiger partial charge in [0.15, 0.2) is 6.61 Å². The lowest BCUT2D eigenvalue weighted by atomic mass is 10.1. The molecule has 1 aromatic carbocycles. The highest BCUT2D eigenvalue weighted by atomic mass is 19.4. The largest absolute Gasteiger partial charge is 0.484 e. The second kappa shape index (κ2) is 7.96. The van der Waals surface area contributed by atoms with Crippen LogP contribution in [0.1, 0.15) is 26.7 Å². The number of anilines is 1. The van der Waals surface area contributed by atoms with E-state index in [1.807, 2.05) is 4.90 Å². The molecule has 0 aliphatic carbocycles. The Morgan fingerprint density at radius 3 is 2.48 bits per heavy atom. The van der Waals surface area contributed by atoms with Crippen molar-refractivity contribution in [2.45, 2.75) is 45.0 Å². The second-order valence-electron chi connectivity index (χ2n) is 7.51. The molecule has 3 rings (SSSR count). The van der Waals surface area contributed by atoms with Gasteiger partial charge in [-0.05, 0) is 43.0 Å². The van der Waals surface area contributed by atoms with Crippen molar-refractivity contribution in [1.82, 2.24) is 4.90 Å². The van der Waals surface area contributed by atoms with Crippen molar-refractivity contribution in [2.24, 2.45) is 5.92 Å². The Labute approximate surface area is 157 Å². The van der Waals surface area contributed by atoms with Crippen LogP contribution in [-0.2, 0) is 4.74 Å². The van der Waals surface area contributed by atoms with Crippen molar-refractivity contribution in [3.05, 3.63) is 24.3 Å². The third-order valence-electron chi connectivity index (χ3n) is 4.85. The van der Waals surface area contributed by atoms with E-state index in [4.69, 9.17) is 9.47 Å². The van der Waals surface area contributed by atoms with E-state index in [1.54, 1.807) is 17.0 Å². The molecular formula is C19H25F3N2O3. The Morgan fingerprint density at radius 1 is 1.19 bits per heavy atom. The molecule has 8 heteroatoms. The number of halogens is 3. The SMILES string of the molecule is CC(C)CCO[C@H]1C[C@@H]2CN(c3ccc(OCC(F)(F)F)cc3)C(=O)N2C1. The van der Waals surface area contributed by atoms with Gasteiger partial charge in [-0.1, -0.05) is 13.8 Å².